The highest BCUT2D eigenvalue weighted by atomic mass is 19.1. The first kappa shape index (κ1) is 25.9. The summed E-state index contributed by atoms with van der Waals surface area (Å²) in [5.74, 6) is -1.83. The lowest BCUT2D eigenvalue weighted by Gasteiger charge is -2.46. The van der Waals surface area contributed by atoms with Gasteiger partial charge < -0.3 is 24.8 Å². The fourth-order valence-corrected chi connectivity index (χ4v) is 7.56. The molecule has 0 spiro atoms. The van der Waals surface area contributed by atoms with Crippen LogP contribution in [0, 0.1) is 11.8 Å². The molecule has 3 aliphatic carbocycles. The van der Waals surface area contributed by atoms with E-state index >= 15 is 4.39 Å². The Hall–Kier alpha value is -3.08. The second kappa shape index (κ2) is 8.71. The van der Waals surface area contributed by atoms with E-state index in [4.69, 9.17) is 4.74 Å². The Bertz CT molecular complexity index is 1530. The molecule has 1 saturated carbocycles. The predicted octanol–water partition coefficient (Wildman–Crippen LogP) is 2.07. The molecule has 10 heteroatoms. The van der Waals surface area contributed by atoms with Gasteiger partial charge in [0.2, 0.25) is 5.91 Å². The minimum Gasteiger partial charge on any atom is -0.458 e. The topological polar surface area (TPSA) is 130 Å². The van der Waals surface area contributed by atoms with Crippen molar-refractivity contribution in [1.82, 2.24) is 15.2 Å². The van der Waals surface area contributed by atoms with Crippen molar-refractivity contribution >= 4 is 11.9 Å². The highest BCUT2D eigenvalue weighted by Gasteiger charge is 2.51. The maximum atomic E-state index is 15.5. The first-order valence-electron chi connectivity index (χ1n) is 14.3. The molecule has 40 heavy (non-hydrogen) atoms. The van der Waals surface area contributed by atoms with Gasteiger partial charge in [0.05, 0.1) is 17.6 Å². The number of fused-ring (bicyclic) bond motifs is 4. The molecular weight excluding hydrogens is 517 g/mol. The van der Waals surface area contributed by atoms with Crippen LogP contribution in [0.4, 0.5) is 4.39 Å². The number of ether oxygens (including phenoxy) is 1. The Labute approximate surface area is 230 Å². The number of hydrogen-bond donors (Lipinski definition) is 4. The number of rotatable bonds is 4. The summed E-state index contributed by atoms with van der Waals surface area (Å²) >= 11 is 0. The van der Waals surface area contributed by atoms with Crippen LogP contribution >= 0.6 is 0 Å². The molecule has 1 amide bonds. The van der Waals surface area contributed by atoms with Crippen LogP contribution in [0.2, 0.25) is 0 Å². The second-order valence-electron chi connectivity index (χ2n) is 12.2. The molecule has 4 N–H and O–H groups in total. The first-order valence-corrected chi connectivity index (χ1v) is 14.3. The van der Waals surface area contributed by atoms with Crippen molar-refractivity contribution in [3.05, 3.63) is 66.9 Å². The number of amides is 1. The van der Waals surface area contributed by atoms with E-state index < -0.39 is 35.5 Å². The van der Waals surface area contributed by atoms with Crippen molar-refractivity contribution in [3.63, 3.8) is 0 Å². The molecule has 0 saturated heterocycles. The zero-order valence-corrected chi connectivity index (χ0v) is 22.8. The number of allylic oxidation sites excluding steroid dienone is 2. The second-order valence-corrected chi connectivity index (χ2v) is 12.2. The van der Waals surface area contributed by atoms with Crippen molar-refractivity contribution in [3.8, 4) is 0 Å². The summed E-state index contributed by atoms with van der Waals surface area (Å²) in [5.41, 5.74) is 3.22. The standard InChI is InChI=1S/C30H34FN3O6/c1-4-30(39)18-9-20-25-16(10-34(20)28(37)17(18)11-40-29(30)38)21-19(32-27(36)26(35)14-5-6-14)8-7-15-12(2)23(31)13(3)24(33-25)22(15)21/h9,13-14,19,24-26,33,35,39H,4-8,10-11H2,1-3H3,(H,32,36)/t13?,19-,24?,25?,26+,30-/m0/s1. The minimum absolute atomic E-state index is 0.0126. The van der Waals surface area contributed by atoms with Crippen molar-refractivity contribution < 1.29 is 28.9 Å². The van der Waals surface area contributed by atoms with Crippen LogP contribution in [-0.2, 0) is 33.1 Å². The molecule has 1 fully saturated rings. The Kier molecular flexibility index (Phi) is 5.63. The van der Waals surface area contributed by atoms with E-state index in [-0.39, 0.29) is 60.1 Å². The van der Waals surface area contributed by atoms with Gasteiger partial charge >= 0.3 is 5.97 Å². The molecule has 0 aromatic carbocycles. The highest BCUT2D eigenvalue weighted by Crippen LogP contribution is 2.52. The normalized spacial score (nSPS) is 33.2. The number of cyclic esters (lactones) is 1. The van der Waals surface area contributed by atoms with Crippen molar-refractivity contribution in [2.75, 3.05) is 0 Å². The van der Waals surface area contributed by atoms with Gasteiger partial charge in [-0.2, -0.15) is 0 Å². The van der Waals surface area contributed by atoms with Crippen LogP contribution in [0.5, 0.6) is 0 Å². The molecular formula is C30H34FN3O6. The van der Waals surface area contributed by atoms with Gasteiger partial charge in [-0.15, -0.1) is 0 Å². The first-order chi connectivity index (χ1) is 19.1. The third-order valence-corrected chi connectivity index (χ3v) is 10.1. The summed E-state index contributed by atoms with van der Waals surface area (Å²) in [5, 5.41) is 28.5. The number of aromatic nitrogens is 1. The van der Waals surface area contributed by atoms with Crippen LogP contribution in [0.3, 0.4) is 0 Å². The minimum atomic E-state index is -1.92. The summed E-state index contributed by atoms with van der Waals surface area (Å²) < 4.78 is 22.3. The number of esters is 1. The monoisotopic (exact) mass is 551 g/mol. The van der Waals surface area contributed by atoms with Crippen LogP contribution in [0.15, 0.2) is 44.6 Å². The number of pyridine rings is 1. The Morgan fingerprint density at radius 1 is 1.30 bits per heavy atom. The van der Waals surface area contributed by atoms with Crippen LogP contribution in [0.25, 0.3) is 0 Å². The van der Waals surface area contributed by atoms with E-state index in [9.17, 15) is 24.6 Å². The molecule has 4 heterocycles. The number of halogens is 1. The number of nitrogens with zero attached hydrogens (tertiary/aromatic N) is 1. The quantitative estimate of drug-likeness (QED) is 0.422. The largest absolute Gasteiger partial charge is 0.458 e. The van der Waals surface area contributed by atoms with Gasteiger partial charge in [0.1, 0.15) is 18.5 Å². The maximum absolute atomic E-state index is 15.5. The number of hydrogen-bond acceptors (Lipinski definition) is 7. The van der Waals surface area contributed by atoms with Gasteiger partial charge in [-0.05, 0) is 78.9 Å². The van der Waals surface area contributed by atoms with E-state index in [1.165, 1.54) is 0 Å². The summed E-state index contributed by atoms with van der Waals surface area (Å²) in [6.45, 7) is 5.36. The third kappa shape index (κ3) is 3.39. The molecule has 212 valence electrons. The van der Waals surface area contributed by atoms with Crippen LogP contribution < -0.4 is 16.2 Å². The molecule has 0 bridgehead atoms. The molecule has 0 radical (unpaired) electrons. The molecule has 9 nitrogen and oxygen atoms in total. The van der Waals surface area contributed by atoms with E-state index in [0.717, 1.165) is 35.1 Å². The van der Waals surface area contributed by atoms with Crippen molar-refractivity contribution in [2.45, 2.75) is 95.9 Å². The Morgan fingerprint density at radius 3 is 2.75 bits per heavy atom. The van der Waals surface area contributed by atoms with Gasteiger partial charge in [0, 0.05) is 29.8 Å². The SMILES string of the molecule is CC[C@@]1(O)C(=O)OCc2c1cc1n(c2=O)CC2=C3C4=C(CC[C@@H]3NC(=O)[C@H](O)C3CC3)C(C)=C(F)C(C)C4NC21. The molecule has 1 aromatic heterocycles. The molecule has 6 atom stereocenters. The molecule has 7 rings (SSSR count). The molecule has 3 aliphatic heterocycles. The number of nitrogens with one attached hydrogen (secondary N) is 2. The van der Waals surface area contributed by atoms with Gasteiger partial charge in [0.25, 0.3) is 5.56 Å². The molecule has 1 aromatic rings. The zero-order valence-electron chi connectivity index (χ0n) is 22.8. The fourth-order valence-electron chi connectivity index (χ4n) is 7.56. The van der Waals surface area contributed by atoms with Crippen LogP contribution in [-0.4, -0.2) is 44.8 Å². The Balaban J connectivity index is 1.40. The summed E-state index contributed by atoms with van der Waals surface area (Å²) in [4.78, 5) is 39.4. The van der Waals surface area contributed by atoms with Gasteiger partial charge in [0.15, 0.2) is 5.60 Å². The lowest BCUT2D eigenvalue weighted by molar-refractivity contribution is -0.172. The molecule has 6 aliphatic rings. The summed E-state index contributed by atoms with van der Waals surface area (Å²) in [7, 11) is 0. The van der Waals surface area contributed by atoms with E-state index in [2.05, 4.69) is 10.6 Å². The van der Waals surface area contributed by atoms with Gasteiger partial charge in [-0.1, -0.05) is 13.8 Å². The molecule has 3 unspecified atom stereocenters. The number of carbonyl (C=O) groups excluding carboxylic acids is 2. The van der Waals surface area contributed by atoms with Gasteiger partial charge in [-0.3, -0.25) is 14.9 Å². The highest BCUT2D eigenvalue weighted by molar-refractivity contribution is 5.83. The maximum Gasteiger partial charge on any atom is 0.343 e. The van der Waals surface area contributed by atoms with Gasteiger partial charge in [-0.25, -0.2) is 9.18 Å². The number of aliphatic hydroxyl groups is 2. The van der Waals surface area contributed by atoms with E-state index in [1.807, 2.05) is 6.92 Å². The van der Waals surface area contributed by atoms with Crippen molar-refractivity contribution in [2.24, 2.45) is 11.8 Å². The fraction of sp³-hybridized carbons (Fsp3) is 0.567. The summed E-state index contributed by atoms with van der Waals surface area (Å²) in [6, 6.07) is 0.476. The number of carbonyl (C=O) groups is 2. The number of aliphatic hydroxyl groups excluding tert-OH is 1. The average molecular weight is 552 g/mol. The average Bonchev–Trinajstić information content (AvgIpc) is 3.73. The van der Waals surface area contributed by atoms with E-state index in [0.29, 0.717) is 24.1 Å². The third-order valence-electron chi connectivity index (χ3n) is 10.1. The zero-order chi connectivity index (χ0) is 28.2. The predicted molar refractivity (Wildman–Crippen MR) is 141 cm³/mol. The Morgan fingerprint density at radius 2 is 2.05 bits per heavy atom. The lowest BCUT2D eigenvalue weighted by Crippen LogP contribution is -2.52. The van der Waals surface area contributed by atoms with Crippen LogP contribution in [0.1, 0.15) is 75.7 Å². The lowest BCUT2D eigenvalue weighted by atomic mass is 9.67. The summed E-state index contributed by atoms with van der Waals surface area (Å²) in [6.07, 6.45) is 1.80. The smallest absolute Gasteiger partial charge is 0.343 e. The van der Waals surface area contributed by atoms with Crippen molar-refractivity contribution in [1.29, 1.82) is 0 Å². The van der Waals surface area contributed by atoms with E-state index in [1.54, 1.807) is 24.5 Å².